The third-order valence-corrected chi connectivity index (χ3v) is 5.79. The third-order valence-electron chi connectivity index (χ3n) is 5.79. The van der Waals surface area contributed by atoms with Gasteiger partial charge in [-0.3, -0.25) is 9.80 Å². The lowest BCUT2D eigenvalue weighted by Crippen LogP contribution is -2.52. The van der Waals surface area contributed by atoms with Crippen LogP contribution in [0, 0.1) is 0 Å². The first-order valence-corrected chi connectivity index (χ1v) is 11.9. The van der Waals surface area contributed by atoms with Gasteiger partial charge in [-0.15, -0.1) is 24.0 Å². The van der Waals surface area contributed by atoms with Gasteiger partial charge in [-0.05, 0) is 31.9 Å². The van der Waals surface area contributed by atoms with E-state index in [1.54, 1.807) is 0 Å². The van der Waals surface area contributed by atoms with E-state index in [0.717, 1.165) is 65.0 Å². The van der Waals surface area contributed by atoms with E-state index >= 15 is 0 Å². The Morgan fingerprint density at radius 3 is 2.61 bits per heavy atom. The highest BCUT2D eigenvalue weighted by Crippen LogP contribution is 2.13. The van der Waals surface area contributed by atoms with Crippen LogP contribution in [0.1, 0.15) is 31.9 Å². The van der Waals surface area contributed by atoms with Crippen molar-refractivity contribution in [1.29, 1.82) is 0 Å². The quantitative estimate of drug-likeness (QED) is 0.235. The predicted molar refractivity (Wildman–Crippen MR) is 143 cm³/mol. The van der Waals surface area contributed by atoms with Crippen LogP contribution >= 0.6 is 24.0 Å². The van der Waals surface area contributed by atoms with Crippen LogP contribution in [0.15, 0.2) is 29.3 Å². The molecule has 8 nitrogen and oxygen atoms in total. The molecule has 2 atom stereocenters. The summed E-state index contributed by atoms with van der Waals surface area (Å²) in [4.78, 5) is 9.44. The number of halogens is 1. The number of rotatable bonds is 9. The zero-order chi connectivity index (χ0) is 22.8. The Labute approximate surface area is 216 Å². The molecular weight excluding hydrogens is 533 g/mol. The second kappa shape index (κ2) is 14.4. The molecule has 3 rings (SSSR count). The van der Waals surface area contributed by atoms with Crippen molar-refractivity contribution in [2.45, 2.75) is 45.6 Å². The highest BCUT2D eigenvalue weighted by molar-refractivity contribution is 14.0. The molecule has 2 aliphatic heterocycles. The molecule has 2 fully saturated rings. The van der Waals surface area contributed by atoms with E-state index in [9.17, 15) is 5.11 Å². The van der Waals surface area contributed by atoms with Crippen LogP contribution in [0.2, 0.25) is 0 Å². The zero-order valence-corrected chi connectivity index (χ0v) is 22.7. The Kier molecular flexibility index (Phi) is 12.4. The van der Waals surface area contributed by atoms with E-state index in [2.05, 4.69) is 51.6 Å². The first-order chi connectivity index (χ1) is 15.4. The first kappa shape index (κ1) is 28.3. The number of aliphatic imine (C=N–C) groups is 1. The largest absolute Gasteiger partial charge is 0.387 e. The minimum atomic E-state index is -0.845. The molecule has 1 aromatic carbocycles. The standard InChI is InChI=1S/C24H41N5O3.HI/c1-4-25-23(27-18-24(3,30)19-28-8-11-31-12-9-28)26-15-21-6-5-7-22(14-21)17-29-10-13-32-20(2)16-29;/h5-7,14,20,30H,4,8-13,15-19H2,1-3H3,(H2,25,26,27);1H. The SMILES string of the molecule is CCNC(=NCc1cccc(CN2CCOC(C)C2)c1)NCC(C)(O)CN1CCOCC1.I. The lowest BCUT2D eigenvalue weighted by atomic mass is 10.1. The Balaban J connectivity index is 0.00000385. The fraction of sp³-hybridized carbons (Fsp3) is 0.708. The maximum Gasteiger partial charge on any atom is 0.191 e. The smallest absolute Gasteiger partial charge is 0.191 e. The molecule has 2 heterocycles. The Hall–Kier alpha value is -0.980. The van der Waals surface area contributed by atoms with Gasteiger partial charge in [0, 0.05) is 52.4 Å². The molecule has 188 valence electrons. The molecular formula is C24H42IN5O3. The number of morpholine rings is 2. The molecule has 0 aromatic heterocycles. The lowest BCUT2D eigenvalue weighted by molar-refractivity contribution is -0.0212. The number of benzene rings is 1. The summed E-state index contributed by atoms with van der Waals surface area (Å²) in [7, 11) is 0. The van der Waals surface area contributed by atoms with Gasteiger partial charge in [0.2, 0.25) is 0 Å². The van der Waals surface area contributed by atoms with Crippen molar-refractivity contribution in [3.63, 3.8) is 0 Å². The molecule has 9 heteroatoms. The number of aliphatic hydroxyl groups is 1. The highest BCUT2D eigenvalue weighted by Gasteiger charge is 2.25. The normalized spacial score (nSPS) is 22.3. The van der Waals surface area contributed by atoms with Crippen LogP contribution in [0.5, 0.6) is 0 Å². The maximum absolute atomic E-state index is 10.8. The highest BCUT2D eigenvalue weighted by atomic mass is 127. The first-order valence-electron chi connectivity index (χ1n) is 11.9. The second-order valence-corrected chi connectivity index (χ2v) is 9.17. The van der Waals surface area contributed by atoms with Crippen LogP contribution in [0.25, 0.3) is 0 Å². The van der Waals surface area contributed by atoms with Crippen LogP contribution < -0.4 is 10.6 Å². The summed E-state index contributed by atoms with van der Waals surface area (Å²) in [5.41, 5.74) is 1.64. The van der Waals surface area contributed by atoms with Gasteiger partial charge in [-0.25, -0.2) is 4.99 Å². The van der Waals surface area contributed by atoms with Gasteiger partial charge < -0.3 is 25.2 Å². The molecule has 2 aliphatic rings. The molecule has 0 saturated carbocycles. The summed E-state index contributed by atoms with van der Waals surface area (Å²) in [6.07, 6.45) is 0.297. The number of ether oxygens (including phenoxy) is 2. The molecule has 0 aliphatic carbocycles. The minimum Gasteiger partial charge on any atom is -0.387 e. The summed E-state index contributed by atoms with van der Waals surface area (Å²) < 4.78 is 11.0. The van der Waals surface area contributed by atoms with Crippen molar-refractivity contribution in [3.8, 4) is 0 Å². The summed E-state index contributed by atoms with van der Waals surface area (Å²) in [5.74, 6) is 0.724. The topological polar surface area (TPSA) is 81.6 Å². The molecule has 3 N–H and O–H groups in total. The number of hydrogen-bond acceptors (Lipinski definition) is 6. The predicted octanol–water partition coefficient (Wildman–Crippen LogP) is 1.66. The Morgan fingerprint density at radius 2 is 1.88 bits per heavy atom. The third kappa shape index (κ3) is 10.4. The van der Waals surface area contributed by atoms with Gasteiger partial charge in [0.1, 0.15) is 0 Å². The van der Waals surface area contributed by atoms with Gasteiger partial charge in [-0.1, -0.05) is 24.3 Å². The summed E-state index contributed by atoms with van der Waals surface area (Å²) in [5, 5.41) is 17.4. The van der Waals surface area contributed by atoms with Gasteiger partial charge in [0.15, 0.2) is 5.96 Å². The molecule has 2 saturated heterocycles. The lowest BCUT2D eigenvalue weighted by Gasteiger charge is -2.34. The monoisotopic (exact) mass is 575 g/mol. The molecule has 1 aromatic rings. The maximum atomic E-state index is 10.8. The van der Waals surface area contributed by atoms with Crippen molar-refractivity contribution >= 4 is 29.9 Å². The average Bonchev–Trinajstić information content (AvgIpc) is 2.76. The molecule has 0 radical (unpaired) electrons. The Morgan fingerprint density at radius 1 is 1.15 bits per heavy atom. The molecule has 0 bridgehead atoms. The van der Waals surface area contributed by atoms with Crippen LogP contribution in [0.4, 0.5) is 0 Å². The van der Waals surface area contributed by atoms with E-state index in [0.29, 0.717) is 25.7 Å². The molecule has 2 unspecified atom stereocenters. The number of guanidine groups is 1. The van der Waals surface area contributed by atoms with E-state index < -0.39 is 5.60 Å². The molecule has 0 amide bonds. The average molecular weight is 576 g/mol. The van der Waals surface area contributed by atoms with Gasteiger partial charge in [-0.2, -0.15) is 0 Å². The molecule has 33 heavy (non-hydrogen) atoms. The van der Waals surface area contributed by atoms with Gasteiger partial charge in [0.05, 0.1) is 38.1 Å². The summed E-state index contributed by atoms with van der Waals surface area (Å²) in [6.45, 7) is 15.4. The van der Waals surface area contributed by atoms with Crippen LogP contribution in [-0.2, 0) is 22.6 Å². The zero-order valence-electron chi connectivity index (χ0n) is 20.4. The van der Waals surface area contributed by atoms with Crippen molar-refractivity contribution in [1.82, 2.24) is 20.4 Å². The molecule has 0 spiro atoms. The summed E-state index contributed by atoms with van der Waals surface area (Å²) >= 11 is 0. The Bertz CT molecular complexity index is 728. The van der Waals surface area contributed by atoms with Crippen molar-refractivity contribution < 1.29 is 14.6 Å². The van der Waals surface area contributed by atoms with Gasteiger partial charge >= 0.3 is 0 Å². The fourth-order valence-corrected chi connectivity index (χ4v) is 4.20. The number of nitrogens with zero attached hydrogens (tertiary/aromatic N) is 3. The summed E-state index contributed by atoms with van der Waals surface area (Å²) in [6, 6.07) is 8.64. The van der Waals surface area contributed by atoms with Crippen molar-refractivity contribution in [2.24, 2.45) is 4.99 Å². The van der Waals surface area contributed by atoms with Crippen LogP contribution in [-0.4, -0.2) is 98.2 Å². The van der Waals surface area contributed by atoms with Crippen molar-refractivity contribution in [2.75, 3.05) is 65.6 Å². The van der Waals surface area contributed by atoms with E-state index in [-0.39, 0.29) is 24.0 Å². The minimum absolute atomic E-state index is 0. The number of nitrogens with one attached hydrogen (secondary N) is 2. The van der Waals surface area contributed by atoms with Crippen LogP contribution in [0.3, 0.4) is 0 Å². The van der Waals surface area contributed by atoms with Crippen molar-refractivity contribution in [3.05, 3.63) is 35.4 Å². The van der Waals surface area contributed by atoms with E-state index in [1.807, 2.05) is 13.8 Å². The number of β-amino-alcohol motifs (C(OH)–C–C–N with tert-alkyl or cyclic N) is 1. The van der Waals surface area contributed by atoms with Gasteiger partial charge in [0.25, 0.3) is 0 Å². The second-order valence-electron chi connectivity index (χ2n) is 9.17. The number of hydrogen-bond donors (Lipinski definition) is 3. The van der Waals surface area contributed by atoms with E-state index in [1.165, 1.54) is 11.1 Å². The fourth-order valence-electron chi connectivity index (χ4n) is 4.20. The van der Waals surface area contributed by atoms with E-state index in [4.69, 9.17) is 14.5 Å².